The highest BCUT2D eigenvalue weighted by Crippen LogP contribution is 2.51. The average Bonchev–Trinajstić information content (AvgIpc) is 3.40. The van der Waals surface area contributed by atoms with Gasteiger partial charge in [0.05, 0.1) is 30.5 Å². The number of anilines is 1. The van der Waals surface area contributed by atoms with E-state index in [2.05, 4.69) is 10.3 Å². The smallest absolute Gasteiger partial charge is 0.351 e. The zero-order chi connectivity index (χ0) is 34.1. The molecule has 0 saturated carbocycles. The zero-order valence-electron chi connectivity index (χ0n) is 26.2. The summed E-state index contributed by atoms with van der Waals surface area (Å²) in [5.74, 6) is -2.09. The van der Waals surface area contributed by atoms with Gasteiger partial charge in [0.2, 0.25) is 0 Å². The SMILES string of the molecule is CCOP(=O)(C[C@H]1O[C@@H](n2ccc(NC(=O)c3ccccc3)nc2=O)[C@H](OC(=O)c2ccccc2)[C@@H]1OC(=O)c1ccccc1)OCC. The summed E-state index contributed by atoms with van der Waals surface area (Å²) in [6, 6.07) is 25.9. The van der Waals surface area contributed by atoms with Crippen LogP contribution in [-0.2, 0) is 27.8 Å². The van der Waals surface area contributed by atoms with E-state index in [0.717, 1.165) is 4.57 Å². The van der Waals surface area contributed by atoms with Crippen molar-refractivity contribution < 1.29 is 42.2 Å². The van der Waals surface area contributed by atoms with Gasteiger partial charge >= 0.3 is 25.2 Å². The summed E-state index contributed by atoms with van der Waals surface area (Å²) in [6.07, 6.45) is -4.56. The second-order valence-electron chi connectivity index (χ2n) is 10.5. The van der Waals surface area contributed by atoms with Gasteiger partial charge in [-0.3, -0.25) is 13.9 Å². The van der Waals surface area contributed by atoms with Gasteiger partial charge in [-0.2, -0.15) is 4.98 Å². The lowest BCUT2D eigenvalue weighted by atomic mass is 10.1. The Bertz CT molecular complexity index is 1810. The summed E-state index contributed by atoms with van der Waals surface area (Å²) in [5, 5.41) is 2.57. The van der Waals surface area contributed by atoms with Crippen LogP contribution in [0.15, 0.2) is 108 Å². The molecule has 0 bridgehead atoms. The predicted molar refractivity (Wildman–Crippen MR) is 174 cm³/mol. The molecule has 4 aromatic rings. The average molecular weight is 676 g/mol. The van der Waals surface area contributed by atoms with Crippen molar-refractivity contribution in [2.75, 3.05) is 24.7 Å². The number of carbonyl (C=O) groups is 3. The van der Waals surface area contributed by atoms with Crippen molar-refractivity contribution >= 4 is 31.3 Å². The minimum absolute atomic E-state index is 0.0401. The quantitative estimate of drug-likeness (QED) is 0.148. The van der Waals surface area contributed by atoms with Crippen molar-refractivity contribution in [3.05, 3.63) is 130 Å². The second-order valence-corrected chi connectivity index (χ2v) is 12.6. The van der Waals surface area contributed by atoms with Gasteiger partial charge in [0.15, 0.2) is 18.4 Å². The van der Waals surface area contributed by atoms with Crippen LogP contribution >= 0.6 is 7.60 Å². The van der Waals surface area contributed by atoms with E-state index in [0.29, 0.717) is 5.56 Å². The van der Waals surface area contributed by atoms with E-state index < -0.39 is 61.8 Å². The Morgan fingerprint density at radius 3 is 1.77 bits per heavy atom. The Kier molecular flexibility index (Phi) is 11.3. The molecule has 1 saturated heterocycles. The topological polar surface area (TPSA) is 161 Å². The van der Waals surface area contributed by atoms with E-state index in [1.165, 1.54) is 36.5 Å². The van der Waals surface area contributed by atoms with E-state index in [1.54, 1.807) is 80.6 Å². The molecule has 0 spiro atoms. The standard InChI is InChI=1S/C34H34N3O10P/c1-3-43-48(42,44-4-2)22-26-28(46-32(39)24-16-10-6-11-17-24)29(47-33(40)25-18-12-7-13-19-25)31(45-26)37-21-20-27(36-34(37)41)35-30(38)23-14-8-5-9-15-23/h5-21,26,28-29,31H,3-4,22H2,1-2H3,(H,35,36,38,41)/t26-,28-,29-,31-/m1/s1. The van der Waals surface area contributed by atoms with Crippen LogP contribution in [0.3, 0.4) is 0 Å². The van der Waals surface area contributed by atoms with Gasteiger partial charge < -0.3 is 28.6 Å². The molecule has 0 unspecified atom stereocenters. The normalized spacial score (nSPS) is 19.0. The first-order chi connectivity index (χ1) is 23.2. The maximum atomic E-state index is 13.7. The first kappa shape index (κ1) is 34.4. The molecule has 0 aliphatic carbocycles. The maximum Gasteiger partial charge on any atom is 0.351 e. The molecule has 0 radical (unpaired) electrons. The number of benzene rings is 3. The van der Waals surface area contributed by atoms with Gasteiger partial charge in [-0.15, -0.1) is 0 Å². The van der Waals surface area contributed by atoms with Crippen LogP contribution in [0, 0.1) is 0 Å². The molecule has 48 heavy (non-hydrogen) atoms. The minimum Gasteiger partial charge on any atom is -0.452 e. The lowest BCUT2D eigenvalue weighted by Crippen LogP contribution is -2.42. The fourth-order valence-electron chi connectivity index (χ4n) is 5.09. The third-order valence-corrected chi connectivity index (χ3v) is 9.34. The molecular formula is C34H34N3O10P. The Morgan fingerprint density at radius 1 is 0.771 bits per heavy atom. The summed E-state index contributed by atoms with van der Waals surface area (Å²) in [6.45, 7) is 3.39. The number of amides is 1. The molecule has 4 atom stereocenters. The van der Waals surface area contributed by atoms with Gasteiger partial charge in [-0.05, 0) is 56.3 Å². The summed E-state index contributed by atoms with van der Waals surface area (Å²) >= 11 is 0. The van der Waals surface area contributed by atoms with Crippen LogP contribution in [-0.4, -0.2) is 65.1 Å². The molecule has 1 aliphatic rings. The number of hydrogen-bond donors (Lipinski definition) is 1. The van der Waals surface area contributed by atoms with Crippen LogP contribution < -0.4 is 11.0 Å². The van der Waals surface area contributed by atoms with Crippen molar-refractivity contribution in [2.45, 2.75) is 38.4 Å². The van der Waals surface area contributed by atoms with Crippen molar-refractivity contribution in [3.8, 4) is 0 Å². The highest BCUT2D eigenvalue weighted by Gasteiger charge is 2.53. The van der Waals surface area contributed by atoms with Gasteiger partial charge in [0, 0.05) is 11.8 Å². The molecule has 1 fully saturated rings. The molecule has 1 aromatic heterocycles. The molecule has 2 heterocycles. The number of rotatable bonds is 13. The number of carbonyl (C=O) groups excluding carboxylic acids is 3. The number of nitrogens with zero attached hydrogens (tertiary/aromatic N) is 2. The summed E-state index contributed by atoms with van der Waals surface area (Å²) in [4.78, 5) is 56.9. The lowest BCUT2D eigenvalue weighted by molar-refractivity contribution is -0.0511. The monoisotopic (exact) mass is 675 g/mol. The van der Waals surface area contributed by atoms with E-state index in [9.17, 15) is 23.7 Å². The van der Waals surface area contributed by atoms with Crippen molar-refractivity contribution in [2.24, 2.45) is 0 Å². The maximum absolute atomic E-state index is 13.7. The number of hydrogen-bond acceptors (Lipinski definition) is 11. The van der Waals surface area contributed by atoms with Gasteiger partial charge in [0.1, 0.15) is 11.9 Å². The molecule has 14 heteroatoms. The molecule has 1 amide bonds. The predicted octanol–water partition coefficient (Wildman–Crippen LogP) is 5.11. The van der Waals surface area contributed by atoms with E-state index >= 15 is 0 Å². The van der Waals surface area contributed by atoms with E-state index in [-0.39, 0.29) is 30.2 Å². The number of nitrogens with one attached hydrogen (secondary N) is 1. The molecule has 1 aliphatic heterocycles. The zero-order valence-corrected chi connectivity index (χ0v) is 27.1. The Morgan fingerprint density at radius 2 is 1.27 bits per heavy atom. The fraction of sp³-hybridized carbons (Fsp3) is 0.265. The highest BCUT2D eigenvalue weighted by molar-refractivity contribution is 7.53. The van der Waals surface area contributed by atoms with E-state index in [1.807, 2.05) is 0 Å². The summed E-state index contributed by atoms with van der Waals surface area (Å²) < 4.78 is 43.8. The Balaban J connectivity index is 1.53. The van der Waals surface area contributed by atoms with Crippen molar-refractivity contribution in [1.29, 1.82) is 0 Å². The van der Waals surface area contributed by atoms with Crippen LogP contribution in [0.2, 0.25) is 0 Å². The van der Waals surface area contributed by atoms with Gasteiger partial charge in [0.25, 0.3) is 5.91 Å². The van der Waals surface area contributed by atoms with Gasteiger partial charge in [-0.25, -0.2) is 14.4 Å². The Hall–Kier alpha value is -4.94. The van der Waals surface area contributed by atoms with E-state index in [4.69, 9.17) is 23.3 Å². The molecule has 3 aromatic carbocycles. The first-order valence-corrected chi connectivity index (χ1v) is 17.0. The number of ether oxygens (including phenoxy) is 3. The third kappa shape index (κ3) is 8.31. The molecule has 5 rings (SSSR count). The minimum atomic E-state index is -3.83. The summed E-state index contributed by atoms with van der Waals surface area (Å²) in [7, 11) is -3.83. The van der Waals surface area contributed by atoms with Crippen LogP contribution in [0.1, 0.15) is 51.1 Å². The Labute approximate surface area is 276 Å². The molecule has 13 nitrogen and oxygen atoms in total. The third-order valence-electron chi connectivity index (χ3n) is 7.23. The first-order valence-electron chi connectivity index (χ1n) is 15.2. The van der Waals surface area contributed by atoms with Crippen molar-refractivity contribution in [3.63, 3.8) is 0 Å². The number of aromatic nitrogens is 2. The summed E-state index contributed by atoms with van der Waals surface area (Å²) in [5.41, 5.74) is -0.137. The fourth-order valence-corrected chi connectivity index (χ4v) is 6.90. The highest BCUT2D eigenvalue weighted by atomic mass is 31.2. The lowest BCUT2D eigenvalue weighted by Gasteiger charge is -2.26. The molecule has 1 N–H and O–H groups in total. The molecule has 250 valence electrons. The van der Waals surface area contributed by atoms with Crippen molar-refractivity contribution in [1.82, 2.24) is 9.55 Å². The number of esters is 2. The molecular weight excluding hydrogens is 641 g/mol. The largest absolute Gasteiger partial charge is 0.452 e. The van der Waals surface area contributed by atoms with Gasteiger partial charge in [-0.1, -0.05) is 54.6 Å². The van der Waals surface area contributed by atoms with Crippen LogP contribution in [0.5, 0.6) is 0 Å². The second kappa shape index (κ2) is 15.8. The van der Waals surface area contributed by atoms with Crippen LogP contribution in [0.4, 0.5) is 5.82 Å². The van der Waals surface area contributed by atoms with Crippen LogP contribution in [0.25, 0.3) is 0 Å².